The van der Waals surface area contributed by atoms with E-state index in [-0.39, 0.29) is 36.2 Å². The Bertz CT molecular complexity index is 371. The summed E-state index contributed by atoms with van der Waals surface area (Å²) in [6.45, 7) is 0. The minimum Gasteiger partial charge on any atom is -0.549 e. The molecule has 0 amide bonds. The average Bonchev–Trinajstić information content (AvgIpc) is 2.59. The molecule has 0 spiro atoms. The molecule has 120 valence electrons. The first-order chi connectivity index (χ1) is 10.5. The van der Waals surface area contributed by atoms with Gasteiger partial charge in [0.25, 0.3) is 0 Å². The third-order valence-corrected chi connectivity index (χ3v) is 2.68. The Hall–Kier alpha value is -0.238. The Morgan fingerprint density at radius 3 is 0.957 bits per heavy atom. The molecule has 0 saturated carbocycles. The minimum absolute atomic E-state index is 0. The first-order valence-corrected chi connectivity index (χ1v) is 8.93. The maximum absolute atomic E-state index is 9.25. The molecule has 0 N–H and O–H groups in total. The van der Waals surface area contributed by atoms with Crippen molar-refractivity contribution in [3.63, 3.8) is 0 Å². The molecule has 0 heterocycles. The van der Waals surface area contributed by atoms with Crippen molar-refractivity contribution in [1.29, 1.82) is 0 Å². The van der Waals surface area contributed by atoms with E-state index in [2.05, 4.69) is 12.1 Å². The number of alkyl halides is 2. The van der Waals surface area contributed by atoms with Crippen LogP contribution in [0.15, 0.2) is 60.7 Å². The zero-order valence-electron chi connectivity index (χ0n) is 12.1. The van der Waals surface area contributed by atoms with Gasteiger partial charge < -0.3 is 19.8 Å². The number of aliphatic carboxylic acids is 2. The molecular formula is C16H14I2O4Pb. The molecule has 2 rings (SSSR count). The summed E-state index contributed by atoms with van der Waals surface area (Å²) in [4.78, 5) is 18.5. The topological polar surface area (TPSA) is 80.3 Å². The van der Waals surface area contributed by atoms with Gasteiger partial charge in [-0.2, -0.15) is 0 Å². The number of carbonyl (C=O) groups excluding carboxylic acids is 2. The van der Waals surface area contributed by atoms with Gasteiger partial charge in [0.1, 0.15) is 0 Å². The van der Waals surface area contributed by atoms with E-state index >= 15 is 0 Å². The van der Waals surface area contributed by atoms with Crippen molar-refractivity contribution in [2.24, 2.45) is 0 Å². The predicted molar refractivity (Wildman–Crippen MR) is 104 cm³/mol. The Labute approximate surface area is 184 Å². The van der Waals surface area contributed by atoms with Gasteiger partial charge in [-0.1, -0.05) is 106 Å². The largest absolute Gasteiger partial charge is 2.00 e. The second-order valence-corrected chi connectivity index (χ2v) is 4.69. The monoisotopic (exact) mass is 732 g/mol. The summed E-state index contributed by atoms with van der Waals surface area (Å²) in [6.07, 6.45) is 0. The van der Waals surface area contributed by atoms with Crippen LogP contribution in [0.4, 0.5) is 0 Å². The van der Waals surface area contributed by atoms with Crippen molar-refractivity contribution in [2.75, 3.05) is 8.86 Å². The maximum Gasteiger partial charge on any atom is 2.00 e. The minimum atomic E-state index is -1.01. The SMILES string of the molecule is O=C([O-])CI.O=C([O-])CI.[Pb+2].[c]1ccccc1.[c]1ccccc1. The van der Waals surface area contributed by atoms with Gasteiger partial charge in [-0.15, -0.1) is 0 Å². The molecule has 0 aliphatic rings. The number of benzene rings is 2. The summed E-state index contributed by atoms with van der Waals surface area (Å²) in [5.74, 6) is -2.02. The molecule has 0 unspecified atom stereocenters. The Kier molecular flexibility index (Phi) is 28.8. The van der Waals surface area contributed by atoms with Crippen LogP contribution in [-0.2, 0) is 9.59 Å². The molecule has 2 aromatic rings. The van der Waals surface area contributed by atoms with Crippen LogP contribution in [-0.4, -0.2) is 48.1 Å². The van der Waals surface area contributed by atoms with E-state index in [0.29, 0.717) is 0 Å². The first kappa shape index (κ1) is 27.6. The van der Waals surface area contributed by atoms with Gasteiger partial charge in [-0.25, -0.2) is 0 Å². The molecule has 0 bridgehead atoms. The van der Waals surface area contributed by atoms with Crippen LogP contribution in [0.3, 0.4) is 0 Å². The van der Waals surface area contributed by atoms with E-state index in [1.807, 2.05) is 60.7 Å². The Balaban J connectivity index is -0.000000230. The van der Waals surface area contributed by atoms with Crippen LogP contribution in [0, 0.1) is 12.1 Å². The maximum atomic E-state index is 9.25. The van der Waals surface area contributed by atoms with Gasteiger partial charge in [0.2, 0.25) is 0 Å². The number of carbonyl (C=O) groups is 2. The van der Waals surface area contributed by atoms with Crippen LogP contribution in [0.5, 0.6) is 0 Å². The molecule has 7 heteroatoms. The zero-order valence-corrected chi connectivity index (χ0v) is 20.3. The average molecular weight is 731 g/mol. The quantitative estimate of drug-likeness (QED) is 0.262. The number of carboxylic acids is 2. The number of hydrogen-bond acceptors (Lipinski definition) is 4. The van der Waals surface area contributed by atoms with Crippen molar-refractivity contribution in [3.05, 3.63) is 72.8 Å². The van der Waals surface area contributed by atoms with Gasteiger partial charge >= 0.3 is 27.3 Å². The molecule has 23 heavy (non-hydrogen) atoms. The summed E-state index contributed by atoms with van der Waals surface area (Å²) in [5, 5.41) is 18.5. The number of hydrogen-bond donors (Lipinski definition) is 0. The molecule has 0 atom stereocenters. The van der Waals surface area contributed by atoms with Crippen molar-refractivity contribution < 1.29 is 19.8 Å². The molecule has 0 aliphatic carbocycles. The van der Waals surface area contributed by atoms with Gasteiger partial charge in [0.05, 0.1) is 11.9 Å². The van der Waals surface area contributed by atoms with E-state index in [1.165, 1.54) is 0 Å². The fourth-order valence-electron chi connectivity index (χ4n) is 0.684. The summed E-state index contributed by atoms with van der Waals surface area (Å²) in [6, 6.07) is 25.0. The van der Waals surface area contributed by atoms with E-state index < -0.39 is 11.9 Å². The van der Waals surface area contributed by atoms with Crippen molar-refractivity contribution in [2.45, 2.75) is 0 Å². The smallest absolute Gasteiger partial charge is 0.549 e. The molecule has 4 nitrogen and oxygen atoms in total. The Morgan fingerprint density at radius 2 is 0.913 bits per heavy atom. The Morgan fingerprint density at radius 1 is 0.696 bits per heavy atom. The molecule has 0 aromatic heterocycles. The molecule has 0 saturated heterocycles. The predicted octanol–water partition coefficient (Wildman–Crippen LogP) is 0.935. The second kappa shape index (κ2) is 24.0. The molecule has 0 fully saturated rings. The van der Waals surface area contributed by atoms with Crippen LogP contribution >= 0.6 is 45.2 Å². The van der Waals surface area contributed by atoms with E-state index in [4.69, 9.17) is 0 Å². The third kappa shape index (κ3) is 34.2. The molecular weight excluding hydrogens is 717 g/mol. The standard InChI is InChI=1S/2C6H5.2C2H3IO2.Pb/c2*1-2-4-6-5-3-1;2*3-1-2(4)5;/h2*1-5H;2*1H2,(H,4,5);/q;;;;+2/p-2. The summed E-state index contributed by atoms with van der Waals surface area (Å²) in [7, 11) is 0. The third-order valence-electron chi connectivity index (χ3n) is 1.43. The van der Waals surface area contributed by atoms with Crippen LogP contribution in [0.1, 0.15) is 0 Å². The van der Waals surface area contributed by atoms with Gasteiger partial charge in [0.15, 0.2) is 0 Å². The van der Waals surface area contributed by atoms with Gasteiger partial charge in [-0.05, 0) is 12.1 Å². The fraction of sp³-hybridized carbons (Fsp3) is 0.125. The van der Waals surface area contributed by atoms with Crippen LogP contribution < -0.4 is 10.2 Å². The van der Waals surface area contributed by atoms with E-state index in [1.54, 1.807) is 45.2 Å². The fourth-order valence-corrected chi connectivity index (χ4v) is 0.684. The first-order valence-electron chi connectivity index (χ1n) is 5.88. The van der Waals surface area contributed by atoms with Crippen molar-refractivity contribution in [3.8, 4) is 0 Å². The van der Waals surface area contributed by atoms with Crippen LogP contribution in [0.2, 0.25) is 0 Å². The second-order valence-electron chi connectivity index (χ2n) is 3.17. The number of carboxylic acid groups (broad SMARTS) is 2. The summed E-state index contributed by atoms with van der Waals surface area (Å²) in [5.41, 5.74) is 0. The van der Waals surface area contributed by atoms with E-state index in [0.717, 1.165) is 0 Å². The molecule has 2 aromatic carbocycles. The van der Waals surface area contributed by atoms with E-state index in [9.17, 15) is 19.8 Å². The normalized spacial score (nSPS) is 7.39. The van der Waals surface area contributed by atoms with Crippen molar-refractivity contribution >= 4 is 84.4 Å². The molecule has 4 radical (unpaired) electrons. The number of halogens is 2. The zero-order chi connectivity index (χ0) is 17.1. The summed E-state index contributed by atoms with van der Waals surface area (Å²) >= 11 is 3.43. The van der Waals surface area contributed by atoms with Crippen LogP contribution in [0.25, 0.3) is 0 Å². The van der Waals surface area contributed by atoms with Gasteiger partial charge in [0, 0.05) is 8.86 Å². The number of rotatable bonds is 2. The van der Waals surface area contributed by atoms with Crippen molar-refractivity contribution in [1.82, 2.24) is 0 Å². The summed E-state index contributed by atoms with van der Waals surface area (Å²) < 4.78 is 0.162. The molecule has 0 aliphatic heterocycles. The van der Waals surface area contributed by atoms with Gasteiger partial charge in [-0.3, -0.25) is 0 Å².